The van der Waals surface area contributed by atoms with Crippen molar-refractivity contribution in [1.82, 2.24) is 25.0 Å². The first kappa shape index (κ1) is 14.6. The van der Waals surface area contributed by atoms with E-state index in [0.717, 1.165) is 0 Å². The third-order valence-electron chi connectivity index (χ3n) is 3.06. The van der Waals surface area contributed by atoms with Crippen molar-refractivity contribution in [2.24, 2.45) is 0 Å². The molecule has 0 unspecified atom stereocenters. The van der Waals surface area contributed by atoms with Crippen LogP contribution in [0.1, 0.15) is 30.4 Å². The maximum absolute atomic E-state index is 12.4. The molecule has 0 radical (unpaired) electrons. The Morgan fingerprint density at radius 2 is 2.00 bits per heavy atom. The van der Waals surface area contributed by atoms with E-state index in [9.17, 15) is 8.42 Å². The largest absolute Gasteiger partial charge is 0.340 e. The highest BCUT2D eigenvalue weighted by molar-refractivity contribution is 7.89. The summed E-state index contributed by atoms with van der Waals surface area (Å²) in [6.07, 6.45) is 1.21. The zero-order valence-corrected chi connectivity index (χ0v) is 12.9. The Morgan fingerprint density at radius 3 is 2.68 bits per heavy atom. The highest BCUT2D eigenvalue weighted by atomic mass is 32.2. The number of aromatic nitrogens is 4. The molecule has 1 atom stereocenters. The van der Waals surface area contributed by atoms with E-state index in [4.69, 9.17) is 9.05 Å². The molecular weight excluding hydrogens is 310 g/mol. The van der Waals surface area contributed by atoms with Crippen molar-refractivity contribution in [3.05, 3.63) is 29.7 Å². The molecule has 9 nitrogen and oxygen atoms in total. The molecule has 0 aliphatic rings. The summed E-state index contributed by atoms with van der Waals surface area (Å²) in [5.74, 6) is 0.625. The Balaban J connectivity index is 1.92. The average Bonchev–Trinajstić information content (AvgIpc) is 3.05. The predicted octanol–water partition coefficient (Wildman–Crippen LogP) is 1.26. The monoisotopic (exact) mass is 323 g/mol. The summed E-state index contributed by atoms with van der Waals surface area (Å²) >= 11 is 0. The standard InChI is InChI=1S/C12H13N5O4S/c1-6-10-4-9(5-13-12(10)21-15-6)22(18,19)17-7(2)11-14-8(3)20-16-11/h4-5,7,17H,1-3H3/t7-/m1/s1. The molecule has 3 aromatic rings. The minimum atomic E-state index is -3.79. The molecular formula is C12H13N5O4S. The van der Waals surface area contributed by atoms with E-state index >= 15 is 0 Å². The van der Waals surface area contributed by atoms with Crippen molar-refractivity contribution in [1.29, 1.82) is 0 Å². The van der Waals surface area contributed by atoms with Gasteiger partial charge in [-0.25, -0.2) is 18.1 Å². The second-order valence-electron chi connectivity index (χ2n) is 4.81. The van der Waals surface area contributed by atoms with Crippen LogP contribution in [-0.4, -0.2) is 28.7 Å². The summed E-state index contributed by atoms with van der Waals surface area (Å²) in [4.78, 5) is 7.97. The number of hydrogen-bond donors (Lipinski definition) is 1. The van der Waals surface area contributed by atoms with Gasteiger partial charge >= 0.3 is 0 Å². The summed E-state index contributed by atoms with van der Waals surface area (Å²) in [7, 11) is -3.79. The number of hydrogen-bond acceptors (Lipinski definition) is 8. The molecule has 0 saturated carbocycles. The van der Waals surface area contributed by atoms with Gasteiger partial charge in [0.25, 0.3) is 5.71 Å². The molecule has 0 aliphatic carbocycles. The number of aryl methyl sites for hydroxylation is 2. The van der Waals surface area contributed by atoms with E-state index in [-0.39, 0.29) is 10.7 Å². The lowest BCUT2D eigenvalue weighted by Crippen LogP contribution is -2.27. The van der Waals surface area contributed by atoms with E-state index in [1.165, 1.54) is 12.3 Å². The van der Waals surface area contributed by atoms with Crippen LogP contribution in [0.3, 0.4) is 0 Å². The lowest BCUT2D eigenvalue weighted by atomic mass is 10.3. The highest BCUT2D eigenvalue weighted by Crippen LogP contribution is 2.21. The van der Waals surface area contributed by atoms with Gasteiger partial charge in [0.1, 0.15) is 4.90 Å². The summed E-state index contributed by atoms with van der Waals surface area (Å²) in [5, 5.41) is 7.99. The molecule has 0 amide bonds. The Kier molecular flexibility index (Phi) is 3.41. The first-order valence-electron chi connectivity index (χ1n) is 6.41. The zero-order valence-electron chi connectivity index (χ0n) is 12.1. The molecule has 3 rings (SSSR count). The molecule has 0 saturated heterocycles. The van der Waals surface area contributed by atoms with Crippen LogP contribution in [0.2, 0.25) is 0 Å². The van der Waals surface area contributed by atoms with E-state index < -0.39 is 16.1 Å². The second kappa shape index (κ2) is 5.14. The lowest BCUT2D eigenvalue weighted by Gasteiger charge is -2.10. The quantitative estimate of drug-likeness (QED) is 0.761. The van der Waals surface area contributed by atoms with Gasteiger partial charge in [-0.15, -0.1) is 0 Å². The molecule has 3 heterocycles. The fourth-order valence-corrected chi connectivity index (χ4v) is 3.09. The Hall–Kier alpha value is -2.33. The number of rotatable bonds is 4. The van der Waals surface area contributed by atoms with Crippen LogP contribution in [-0.2, 0) is 10.0 Å². The average molecular weight is 323 g/mol. The van der Waals surface area contributed by atoms with Crippen molar-refractivity contribution >= 4 is 21.1 Å². The van der Waals surface area contributed by atoms with Crippen molar-refractivity contribution in [2.45, 2.75) is 31.7 Å². The molecule has 0 aliphatic heterocycles. The molecule has 3 aromatic heterocycles. The SMILES string of the molecule is Cc1nc([C@@H](C)NS(=O)(=O)c2cnc3onc(C)c3c2)no1. The van der Waals surface area contributed by atoms with Crippen molar-refractivity contribution in [2.75, 3.05) is 0 Å². The molecule has 10 heteroatoms. The van der Waals surface area contributed by atoms with Crippen LogP contribution in [0.4, 0.5) is 0 Å². The smallest absolute Gasteiger partial charge is 0.257 e. The van der Waals surface area contributed by atoms with Gasteiger partial charge in [-0.2, -0.15) is 4.98 Å². The van der Waals surface area contributed by atoms with Gasteiger partial charge in [-0.1, -0.05) is 10.3 Å². The third kappa shape index (κ3) is 2.57. The molecule has 116 valence electrons. The lowest BCUT2D eigenvalue weighted by molar-refractivity contribution is 0.383. The van der Waals surface area contributed by atoms with Crippen molar-refractivity contribution < 1.29 is 17.5 Å². The molecule has 22 heavy (non-hydrogen) atoms. The highest BCUT2D eigenvalue weighted by Gasteiger charge is 2.23. The van der Waals surface area contributed by atoms with Crippen LogP contribution in [0.15, 0.2) is 26.2 Å². The van der Waals surface area contributed by atoms with Gasteiger partial charge in [0.2, 0.25) is 15.9 Å². The number of sulfonamides is 1. The van der Waals surface area contributed by atoms with Crippen LogP contribution >= 0.6 is 0 Å². The summed E-state index contributed by atoms with van der Waals surface area (Å²) < 4.78 is 37.1. The Morgan fingerprint density at radius 1 is 1.23 bits per heavy atom. The minimum absolute atomic E-state index is 0.0124. The maximum Gasteiger partial charge on any atom is 0.257 e. The first-order chi connectivity index (χ1) is 10.4. The summed E-state index contributed by atoms with van der Waals surface area (Å²) in [6, 6.07) is 0.826. The number of fused-ring (bicyclic) bond motifs is 1. The van der Waals surface area contributed by atoms with Gasteiger partial charge in [-0.3, -0.25) is 0 Å². The van der Waals surface area contributed by atoms with Gasteiger partial charge in [0, 0.05) is 6.92 Å². The molecule has 1 N–H and O–H groups in total. The Labute approximate surface area is 125 Å². The van der Waals surface area contributed by atoms with E-state index in [1.54, 1.807) is 20.8 Å². The van der Waals surface area contributed by atoms with Crippen molar-refractivity contribution in [3.63, 3.8) is 0 Å². The summed E-state index contributed by atoms with van der Waals surface area (Å²) in [5.41, 5.74) is 0.861. The molecule has 0 aromatic carbocycles. The first-order valence-corrected chi connectivity index (χ1v) is 7.90. The van der Waals surface area contributed by atoms with Gasteiger partial charge in [0.15, 0.2) is 5.82 Å². The van der Waals surface area contributed by atoms with E-state index in [1.807, 2.05) is 0 Å². The van der Waals surface area contributed by atoms with E-state index in [0.29, 0.717) is 22.7 Å². The molecule has 0 bridgehead atoms. The predicted molar refractivity (Wildman–Crippen MR) is 74.3 cm³/mol. The fourth-order valence-electron chi connectivity index (χ4n) is 1.92. The van der Waals surface area contributed by atoms with Gasteiger partial charge in [-0.05, 0) is 19.9 Å². The molecule has 0 fully saturated rings. The Bertz CT molecular complexity index is 930. The van der Waals surface area contributed by atoms with Crippen LogP contribution < -0.4 is 4.72 Å². The summed E-state index contributed by atoms with van der Waals surface area (Å²) in [6.45, 7) is 4.96. The van der Waals surface area contributed by atoms with Crippen LogP contribution in [0, 0.1) is 13.8 Å². The number of nitrogens with zero attached hydrogens (tertiary/aromatic N) is 4. The van der Waals surface area contributed by atoms with Gasteiger partial charge < -0.3 is 9.05 Å². The van der Waals surface area contributed by atoms with Crippen molar-refractivity contribution in [3.8, 4) is 0 Å². The zero-order chi connectivity index (χ0) is 15.9. The number of nitrogens with one attached hydrogen (secondary N) is 1. The number of pyridine rings is 1. The third-order valence-corrected chi connectivity index (χ3v) is 4.57. The second-order valence-corrected chi connectivity index (χ2v) is 6.52. The normalized spacial score (nSPS) is 13.6. The van der Waals surface area contributed by atoms with Gasteiger partial charge in [0.05, 0.1) is 23.3 Å². The minimum Gasteiger partial charge on any atom is -0.340 e. The topological polar surface area (TPSA) is 124 Å². The van der Waals surface area contributed by atoms with E-state index in [2.05, 4.69) is 25.0 Å². The fraction of sp³-hybridized carbons (Fsp3) is 0.333. The van der Waals surface area contributed by atoms with Crippen LogP contribution in [0.25, 0.3) is 11.1 Å². The van der Waals surface area contributed by atoms with Crippen LogP contribution in [0.5, 0.6) is 0 Å². The maximum atomic E-state index is 12.4. The molecule has 0 spiro atoms.